The molecule has 0 heterocycles. The molecule has 2 aromatic rings. The van der Waals surface area contributed by atoms with E-state index in [0.717, 1.165) is 12.1 Å². The van der Waals surface area contributed by atoms with E-state index < -0.39 is 17.5 Å². The molecule has 2 aromatic carbocycles. The van der Waals surface area contributed by atoms with E-state index in [1.54, 1.807) is 13.1 Å². The summed E-state index contributed by atoms with van der Waals surface area (Å²) in [7, 11) is 1.59. The van der Waals surface area contributed by atoms with Crippen LogP contribution in [0.25, 0.3) is 0 Å². The highest BCUT2D eigenvalue weighted by atomic mass is 19.1. The van der Waals surface area contributed by atoms with E-state index in [2.05, 4.69) is 0 Å². The van der Waals surface area contributed by atoms with Crippen LogP contribution >= 0.6 is 0 Å². The zero-order valence-corrected chi connectivity index (χ0v) is 10.3. The van der Waals surface area contributed by atoms with Gasteiger partial charge in [0, 0.05) is 25.2 Å². The Balaban J connectivity index is 2.28. The number of anilines is 2. The van der Waals surface area contributed by atoms with Gasteiger partial charge in [0.2, 0.25) is 0 Å². The normalized spacial score (nSPS) is 10.5. The van der Waals surface area contributed by atoms with Gasteiger partial charge in [-0.05, 0) is 18.2 Å². The second-order valence-corrected chi connectivity index (χ2v) is 4.27. The molecule has 0 aromatic heterocycles. The Kier molecular flexibility index (Phi) is 3.64. The van der Waals surface area contributed by atoms with Crippen LogP contribution in [0.5, 0.6) is 0 Å². The lowest BCUT2D eigenvalue weighted by atomic mass is 10.1. The molecule has 2 N–H and O–H groups in total. The van der Waals surface area contributed by atoms with Gasteiger partial charge in [-0.2, -0.15) is 0 Å². The number of hydrogen-bond acceptors (Lipinski definition) is 2. The van der Waals surface area contributed by atoms with Crippen LogP contribution in [0, 0.1) is 17.5 Å². The predicted octanol–water partition coefficient (Wildman–Crippen LogP) is 3.32. The Morgan fingerprint density at radius 2 is 1.79 bits per heavy atom. The van der Waals surface area contributed by atoms with Crippen molar-refractivity contribution in [1.29, 1.82) is 0 Å². The Hall–Kier alpha value is -2.17. The molecule has 2 nitrogen and oxygen atoms in total. The van der Waals surface area contributed by atoms with Crippen molar-refractivity contribution in [1.82, 2.24) is 0 Å². The molecular weight excluding hydrogens is 253 g/mol. The second kappa shape index (κ2) is 5.22. The van der Waals surface area contributed by atoms with Crippen molar-refractivity contribution in [2.45, 2.75) is 6.54 Å². The van der Waals surface area contributed by atoms with E-state index in [1.165, 1.54) is 23.1 Å². The molecule has 0 aliphatic heterocycles. The van der Waals surface area contributed by atoms with E-state index in [-0.39, 0.29) is 23.5 Å². The van der Waals surface area contributed by atoms with Gasteiger partial charge in [0.05, 0.1) is 11.4 Å². The molecule has 5 heteroatoms. The Morgan fingerprint density at radius 3 is 2.42 bits per heavy atom. The van der Waals surface area contributed by atoms with Crippen LogP contribution in [0.2, 0.25) is 0 Å². The summed E-state index contributed by atoms with van der Waals surface area (Å²) in [5, 5.41) is 0. The fraction of sp³-hybridized carbons (Fsp3) is 0.143. The smallest absolute Gasteiger partial charge is 0.148 e. The van der Waals surface area contributed by atoms with Gasteiger partial charge in [-0.3, -0.25) is 0 Å². The van der Waals surface area contributed by atoms with Crippen molar-refractivity contribution >= 4 is 11.4 Å². The highest BCUT2D eigenvalue weighted by molar-refractivity contribution is 5.67. The molecule has 0 saturated carbocycles. The van der Waals surface area contributed by atoms with Gasteiger partial charge in [-0.15, -0.1) is 0 Å². The highest BCUT2D eigenvalue weighted by Crippen LogP contribution is 2.27. The number of benzene rings is 2. The van der Waals surface area contributed by atoms with Gasteiger partial charge in [0.1, 0.15) is 17.5 Å². The minimum absolute atomic E-state index is 0.0945. The third-order valence-corrected chi connectivity index (χ3v) is 2.82. The third-order valence-electron chi connectivity index (χ3n) is 2.82. The Labute approximate surface area is 109 Å². The number of nitrogens with zero attached hydrogens (tertiary/aromatic N) is 1. The maximum Gasteiger partial charge on any atom is 0.148 e. The van der Waals surface area contributed by atoms with Crippen LogP contribution in [-0.4, -0.2) is 7.05 Å². The average molecular weight is 266 g/mol. The van der Waals surface area contributed by atoms with Crippen molar-refractivity contribution in [2.24, 2.45) is 0 Å². The molecule has 100 valence electrons. The van der Waals surface area contributed by atoms with E-state index in [0.29, 0.717) is 0 Å². The second-order valence-electron chi connectivity index (χ2n) is 4.27. The largest absolute Gasteiger partial charge is 0.397 e. The van der Waals surface area contributed by atoms with E-state index in [1.807, 2.05) is 0 Å². The molecule has 0 fully saturated rings. The first-order valence-corrected chi connectivity index (χ1v) is 5.68. The molecular formula is C14H13F3N2. The van der Waals surface area contributed by atoms with Crippen LogP contribution in [0.4, 0.5) is 24.5 Å². The van der Waals surface area contributed by atoms with Crippen molar-refractivity contribution in [2.75, 3.05) is 17.7 Å². The summed E-state index contributed by atoms with van der Waals surface area (Å²) in [6.07, 6.45) is 0. The van der Waals surface area contributed by atoms with Crippen molar-refractivity contribution in [3.63, 3.8) is 0 Å². The number of nitrogen functional groups attached to an aromatic ring is 1. The van der Waals surface area contributed by atoms with E-state index >= 15 is 0 Å². The quantitative estimate of drug-likeness (QED) is 0.863. The third kappa shape index (κ3) is 2.81. The topological polar surface area (TPSA) is 29.3 Å². The fourth-order valence-electron chi connectivity index (χ4n) is 1.92. The lowest BCUT2D eigenvalue weighted by molar-refractivity contribution is 0.569. The molecule has 0 radical (unpaired) electrons. The maximum atomic E-state index is 13.7. The minimum Gasteiger partial charge on any atom is -0.397 e. The molecule has 0 atom stereocenters. The zero-order chi connectivity index (χ0) is 14.0. The summed E-state index contributed by atoms with van der Waals surface area (Å²) in [5.74, 6) is -1.79. The maximum absolute atomic E-state index is 13.7. The first kappa shape index (κ1) is 13.3. The van der Waals surface area contributed by atoms with Crippen LogP contribution in [-0.2, 0) is 6.54 Å². The highest BCUT2D eigenvalue weighted by Gasteiger charge is 2.13. The van der Waals surface area contributed by atoms with E-state index in [9.17, 15) is 13.2 Å². The van der Waals surface area contributed by atoms with Gasteiger partial charge in [0.25, 0.3) is 0 Å². The average Bonchev–Trinajstić information content (AvgIpc) is 2.32. The number of nitrogens with two attached hydrogens (primary N) is 1. The summed E-state index contributed by atoms with van der Waals surface area (Å²) in [5.41, 5.74) is 6.44. The van der Waals surface area contributed by atoms with Crippen molar-refractivity contribution in [3.8, 4) is 0 Å². The molecule has 0 saturated heterocycles. The van der Waals surface area contributed by atoms with Crippen molar-refractivity contribution in [3.05, 3.63) is 59.4 Å². The standard InChI is InChI=1S/C14H13F3N2/c1-19(14-11(16)3-2-4-13(14)18)8-9-5-6-10(15)7-12(9)17/h2-7H,8,18H2,1H3. The van der Waals surface area contributed by atoms with Crippen LogP contribution in [0.15, 0.2) is 36.4 Å². The summed E-state index contributed by atoms with van der Waals surface area (Å²) < 4.78 is 40.0. The molecule has 0 aliphatic carbocycles. The summed E-state index contributed by atoms with van der Waals surface area (Å²) >= 11 is 0. The number of hydrogen-bond donors (Lipinski definition) is 1. The first-order valence-electron chi connectivity index (χ1n) is 5.68. The van der Waals surface area contributed by atoms with Gasteiger partial charge in [-0.25, -0.2) is 13.2 Å². The number of halogens is 3. The number of rotatable bonds is 3. The Bertz CT molecular complexity index is 579. The summed E-state index contributed by atoms with van der Waals surface area (Å²) in [6, 6.07) is 7.64. The van der Waals surface area contributed by atoms with E-state index in [4.69, 9.17) is 5.73 Å². The summed E-state index contributed by atoms with van der Waals surface area (Å²) in [6.45, 7) is 0.0945. The molecule has 0 amide bonds. The first-order chi connectivity index (χ1) is 8.99. The van der Waals surface area contributed by atoms with Crippen molar-refractivity contribution < 1.29 is 13.2 Å². The Morgan fingerprint density at radius 1 is 1.05 bits per heavy atom. The molecule has 2 rings (SSSR count). The van der Waals surface area contributed by atoms with Gasteiger partial charge in [-0.1, -0.05) is 12.1 Å². The van der Waals surface area contributed by atoms with Gasteiger partial charge < -0.3 is 10.6 Å². The van der Waals surface area contributed by atoms with Crippen LogP contribution < -0.4 is 10.6 Å². The molecule has 0 bridgehead atoms. The minimum atomic E-state index is -0.665. The van der Waals surface area contributed by atoms with Crippen LogP contribution in [0.1, 0.15) is 5.56 Å². The molecule has 0 aliphatic rings. The van der Waals surface area contributed by atoms with Gasteiger partial charge in [0.15, 0.2) is 0 Å². The summed E-state index contributed by atoms with van der Waals surface area (Å²) in [4.78, 5) is 1.49. The lowest BCUT2D eigenvalue weighted by Crippen LogP contribution is -2.20. The monoisotopic (exact) mass is 266 g/mol. The lowest BCUT2D eigenvalue weighted by Gasteiger charge is -2.22. The molecule has 0 spiro atoms. The molecule has 0 unspecified atom stereocenters. The SMILES string of the molecule is CN(Cc1ccc(F)cc1F)c1c(N)cccc1F. The predicted molar refractivity (Wildman–Crippen MR) is 69.3 cm³/mol. The zero-order valence-electron chi connectivity index (χ0n) is 10.3. The number of para-hydroxylation sites is 1. The van der Waals surface area contributed by atoms with Gasteiger partial charge >= 0.3 is 0 Å². The van der Waals surface area contributed by atoms with Crippen LogP contribution in [0.3, 0.4) is 0 Å². The molecule has 19 heavy (non-hydrogen) atoms. The fourth-order valence-corrected chi connectivity index (χ4v) is 1.92.